The van der Waals surface area contributed by atoms with E-state index >= 15 is 4.39 Å². The summed E-state index contributed by atoms with van der Waals surface area (Å²) < 4.78 is 62.3. The number of unbranched alkanes of at least 4 members (excludes halogenated alkanes) is 10. The van der Waals surface area contributed by atoms with E-state index in [2.05, 4.69) is 13.8 Å². The van der Waals surface area contributed by atoms with Gasteiger partial charge in [-0.25, -0.2) is 8.78 Å². The Morgan fingerprint density at radius 2 is 1.23 bits per heavy atom. The van der Waals surface area contributed by atoms with E-state index in [9.17, 15) is 8.78 Å². The Morgan fingerprint density at radius 1 is 0.636 bits per heavy atom. The van der Waals surface area contributed by atoms with Crippen molar-refractivity contribution in [1.29, 1.82) is 0 Å². The Morgan fingerprint density at radius 3 is 1.89 bits per heavy atom. The number of hydrogen-bond acceptors (Lipinski definition) is 3. The number of halogens is 3. The first-order chi connectivity index (χ1) is 21.5. The number of ether oxygens (including phenoxy) is 3. The molecule has 6 heteroatoms. The van der Waals surface area contributed by atoms with Crippen LogP contribution in [0.15, 0.2) is 54.6 Å². The molecule has 0 atom stereocenters. The van der Waals surface area contributed by atoms with Gasteiger partial charge in [-0.1, -0.05) is 114 Å². The SMILES string of the molecule is CCCCCCCCCOc1ccc(-c2ccc(-c3ccc(C4COC(CCCCCCC)OC4)c(F)c3)cc2)c(F)c1F. The highest BCUT2D eigenvalue weighted by atomic mass is 19.2. The van der Waals surface area contributed by atoms with Crippen molar-refractivity contribution in [3.63, 3.8) is 0 Å². The highest BCUT2D eigenvalue weighted by molar-refractivity contribution is 5.71. The maximum Gasteiger partial charge on any atom is 0.201 e. The smallest absolute Gasteiger partial charge is 0.201 e. The van der Waals surface area contributed by atoms with Crippen LogP contribution in [0, 0.1) is 17.5 Å². The van der Waals surface area contributed by atoms with Crippen LogP contribution in [0.5, 0.6) is 5.75 Å². The van der Waals surface area contributed by atoms with Crippen LogP contribution in [0.25, 0.3) is 22.3 Å². The maximum atomic E-state index is 15.2. The van der Waals surface area contributed by atoms with Gasteiger partial charge in [-0.2, -0.15) is 4.39 Å². The Hall–Kier alpha value is -2.83. The number of benzene rings is 3. The van der Waals surface area contributed by atoms with E-state index in [-0.39, 0.29) is 29.3 Å². The van der Waals surface area contributed by atoms with Crippen molar-refractivity contribution in [3.05, 3.63) is 77.6 Å². The van der Waals surface area contributed by atoms with Crippen LogP contribution in [0.4, 0.5) is 13.2 Å². The minimum atomic E-state index is -0.971. The van der Waals surface area contributed by atoms with Gasteiger partial charge in [0.05, 0.1) is 19.8 Å². The summed E-state index contributed by atoms with van der Waals surface area (Å²) in [5.41, 5.74) is 2.78. The summed E-state index contributed by atoms with van der Waals surface area (Å²) in [7, 11) is 0. The average molecular weight is 611 g/mol. The molecule has 0 unspecified atom stereocenters. The van der Waals surface area contributed by atoms with Gasteiger partial charge in [-0.05, 0) is 59.7 Å². The van der Waals surface area contributed by atoms with Gasteiger partial charge in [-0.15, -0.1) is 0 Å². The van der Waals surface area contributed by atoms with Gasteiger partial charge in [-0.3, -0.25) is 0 Å². The van der Waals surface area contributed by atoms with Crippen LogP contribution < -0.4 is 4.74 Å². The molecule has 1 aliphatic rings. The van der Waals surface area contributed by atoms with Gasteiger partial charge in [0.2, 0.25) is 5.82 Å². The van der Waals surface area contributed by atoms with E-state index in [0.717, 1.165) is 37.7 Å². The monoisotopic (exact) mass is 610 g/mol. The molecule has 0 bridgehead atoms. The normalized spacial score (nSPS) is 16.8. The van der Waals surface area contributed by atoms with E-state index in [1.807, 2.05) is 6.07 Å². The zero-order chi connectivity index (χ0) is 31.1. The topological polar surface area (TPSA) is 27.7 Å². The molecule has 1 heterocycles. The van der Waals surface area contributed by atoms with E-state index in [1.54, 1.807) is 36.4 Å². The Balaban J connectivity index is 1.29. The fourth-order valence-electron chi connectivity index (χ4n) is 5.79. The molecule has 0 saturated carbocycles. The first-order valence-corrected chi connectivity index (χ1v) is 16.8. The fourth-order valence-corrected chi connectivity index (χ4v) is 5.79. The zero-order valence-electron chi connectivity index (χ0n) is 26.5. The van der Waals surface area contributed by atoms with Gasteiger partial charge in [0.15, 0.2) is 17.9 Å². The van der Waals surface area contributed by atoms with Crippen LogP contribution in [0.1, 0.15) is 109 Å². The molecule has 240 valence electrons. The summed E-state index contributed by atoms with van der Waals surface area (Å²) in [4.78, 5) is 0. The second kappa shape index (κ2) is 18.2. The first-order valence-electron chi connectivity index (χ1n) is 16.8. The lowest BCUT2D eigenvalue weighted by molar-refractivity contribution is -0.190. The van der Waals surface area contributed by atoms with Crippen LogP contribution >= 0.6 is 0 Å². The molecule has 0 spiro atoms. The quantitative estimate of drug-likeness (QED) is 0.134. The third kappa shape index (κ3) is 9.84. The van der Waals surface area contributed by atoms with Gasteiger partial charge >= 0.3 is 0 Å². The Labute approximate surface area is 262 Å². The minimum absolute atomic E-state index is 0.0592. The third-order valence-electron chi connectivity index (χ3n) is 8.53. The largest absolute Gasteiger partial charge is 0.490 e. The highest BCUT2D eigenvalue weighted by Crippen LogP contribution is 2.33. The summed E-state index contributed by atoms with van der Waals surface area (Å²) in [5, 5.41) is 0. The lowest BCUT2D eigenvalue weighted by atomic mass is 9.95. The van der Waals surface area contributed by atoms with Crippen molar-refractivity contribution < 1.29 is 27.4 Å². The molecule has 0 radical (unpaired) electrons. The Bertz CT molecular complexity index is 1270. The molecule has 1 saturated heterocycles. The van der Waals surface area contributed by atoms with Crippen molar-refractivity contribution in [2.24, 2.45) is 0 Å². The molecule has 1 fully saturated rings. The van der Waals surface area contributed by atoms with Crippen LogP contribution in [-0.4, -0.2) is 26.1 Å². The average Bonchev–Trinajstić information content (AvgIpc) is 3.04. The van der Waals surface area contributed by atoms with Crippen molar-refractivity contribution in [3.8, 4) is 28.0 Å². The molecule has 44 heavy (non-hydrogen) atoms. The lowest BCUT2D eigenvalue weighted by Gasteiger charge is -2.30. The van der Waals surface area contributed by atoms with Crippen molar-refractivity contribution in [2.45, 2.75) is 110 Å². The zero-order valence-corrected chi connectivity index (χ0v) is 26.5. The Kier molecular flexibility index (Phi) is 14.1. The van der Waals surface area contributed by atoms with Crippen molar-refractivity contribution >= 4 is 0 Å². The predicted octanol–water partition coefficient (Wildman–Crippen LogP) is 11.4. The molecule has 0 aliphatic carbocycles. The molecule has 0 amide bonds. The van der Waals surface area contributed by atoms with E-state index in [1.165, 1.54) is 63.5 Å². The van der Waals surface area contributed by atoms with Gasteiger partial charge in [0, 0.05) is 11.5 Å². The molecule has 3 aromatic rings. The second-order valence-corrected chi connectivity index (χ2v) is 12.0. The summed E-state index contributed by atoms with van der Waals surface area (Å²) in [6.45, 7) is 5.65. The third-order valence-corrected chi connectivity index (χ3v) is 8.53. The molecular weight excluding hydrogens is 561 g/mol. The van der Waals surface area contributed by atoms with Crippen LogP contribution in [0.3, 0.4) is 0 Å². The first kappa shape index (κ1) is 34.1. The summed E-state index contributed by atoms with van der Waals surface area (Å²) in [5.74, 6) is -2.41. The van der Waals surface area contributed by atoms with Crippen LogP contribution in [0.2, 0.25) is 0 Å². The van der Waals surface area contributed by atoms with Gasteiger partial charge < -0.3 is 14.2 Å². The van der Waals surface area contributed by atoms with E-state index < -0.39 is 11.6 Å². The fraction of sp³-hybridized carbons (Fsp3) is 0.526. The minimum Gasteiger partial charge on any atom is -0.490 e. The predicted molar refractivity (Wildman–Crippen MR) is 172 cm³/mol. The second-order valence-electron chi connectivity index (χ2n) is 12.0. The van der Waals surface area contributed by atoms with Crippen molar-refractivity contribution in [2.75, 3.05) is 19.8 Å². The molecular formula is C38H49F3O3. The molecule has 4 rings (SSSR count). The molecule has 3 nitrogen and oxygen atoms in total. The molecule has 3 aromatic carbocycles. The van der Waals surface area contributed by atoms with E-state index in [4.69, 9.17) is 14.2 Å². The van der Waals surface area contributed by atoms with E-state index in [0.29, 0.717) is 36.5 Å². The van der Waals surface area contributed by atoms with Crippen molar-refractivity contribution in [1.82, 2.24) is 0 Å². The van der Waals surface area contributed by atoms with Gasteiger partial charge in [0.25, 0.3) is 0 Å². The maximum absolute atomic E-state index is 15.2. The summed E-state index contributed by atoms with van der Waals surface area (Å²) in [6.07, 6.45) is 14.6. The molecule has 0 N–H and O–H groups in total. The summed E-state index contributed by atoms with van der Waals surface area (Å²) >= 11 is 0. The lowest BCUT2D eigenvalue weighted by Crippen LogP contribution is -2.31. The molecule has 1 aliphatic heterocycles. The standard InChI is InChI=1S/C38H49F3O3/c1-3-5-7-9-10-12-14-24-42-35-23-22-33(37(40)38(35)41)29-18-16-28(17-19-29)30-20-21-32(34(39)25-30)31-26-43-36(44-27-31)15-13-11-8-6-4-2/h16-23,25,31,36H,3-15,24,26-27H2,1-2H3. The van der Waals surface area contributed by atoms with Gasteiger partial charge in [0.1, 0.15) is 5.82 Å². The number of rotatable bonds is 18. The molecule has 0 aromatic heterocycles. The summed E-state index contributed by atoms with van der Waals surface area (Å²) in [6, 6.07) is 15.3. The number of hydrogen-bond donors (Lipinski definition) is 0. The van der Waals surface area contributed by atoms with Crippen LogP contribution in [-0.2, 0) is 9.47 Å². The highest BCUT2D eigenvalue weighted by Gasteiger charge is 2.25.